The van der Waals surface area contributed by atoms with Gasteiger partial charge in [-0.05, 0) is 6.92 Å². The molecule has 0 aliphatic rings. The Labute approximate surface area is 97.1 Å². The summed E-state index contributed by atoms with van der Waals surface area (Å²) in [6.45, 7) is 1.43. The second kappa shape index (κ2) is 5.85. The maximum atomic E-state index is 11.3. The Morgan fingerprint density at radius 2 is 2.29 bits per heavy atom. The van der Waals surface area contributed by atoms with E-state index >= 15 is 0 Å². The monoisotopic (exact) mass is 242 g/mol. The molecule has 0 aliphatic carbocycles. The van der Waals surface area contributed by atoms with Crippen molar-refractivity contribution in [1.82, 2.24) is 20.6 Å². The molecule has 2 amide bonds. The van der Waals surface area contributed by atoms with Crippen LogP contribution < -0.4 is 10.6 Å². The molecule has 1 rings (SSSR count). The lowest BCUT2D eigenvalue weighted by Gasteiger charge is -2.17. The molecule has 0 aliphatic heterocycles. The molecule has 1 aromatic rings. The Morgan fingerprint density at radius 3 is 2.76 bits per heavy atom. The predicted molar refractivity (Wildman–Crippen MR) is 57.1 cm³/mol. The van der Waals surface area contributed by atoms with Crippen LogP contribution in [0, 0.1) is 0 Å². The molecule has 0 radical (unpaired) electrons. The maximum Gasteiger partial charge on any atom is 0.328 e. The first-order valence-corrected chi connectivity index (χ1v) is 4.94. The molecule has 0 spiro atoms. The van der Waals surface area contributed by atoms with Gasteiger partial charge in [0.2, 0.25) is 0 Å². The SMILES string of the molecule is CC(O)C(NC(=O)NCc1ncc[nH]1)C(=O)O. The maximum absolute atomic E-state index is 11.3. The number of nitrogens with zero attached hydrogens (tertiary/aromatic N) is 1. The van der Waals surface area contributed by atoms with Gasteiger partial charge in [0, 0.05) is 12.4 Å². The molecular weight excluding hydrogens is 228 g/mol. The number of hydrogen-bond acceptors (Lipinski definition) is 4. The van der Waals surface area contributed by atoms with Gasteiger partial charge >= 0.3 is 12.0 Å². The van der Waals surface area contributed by atoms with E-state index < -0.39 is 24.1 Å². The fourth-order valence-electron chi connectivity index (χ4n) is 1.14. The number of H-pyrrole nitrogens is 1. The zero-order valence-electron chi connectivity index (χ0n) is 9.17. The van der Waals surface area contributed by atoms with Crippen LogP contribution in [0.1, 0.15) is 12.7 Å². The van der Waals surface area contributed by atoms with Crippen LogP contribution in [-0.2, 0) is 11.3 Å². The van der Waals surface area contributed by atoms with Crippen LogP contribution in [0.15, 0.2) is 12.4 Å². The molecule has 5 N–H and O–H groups in total. The van der Waals surface area contributed by atoms with Crippen LogP contribution in [0.4, 0.5) is 4.79 Å². The van der Waals surface area contributed by atoms with Gasteiger partial charge in [-0.1, -0.05) is 0 Å². The second-order valence-electron chi connectivity index (χ2n) is 3.42. The zero-order valence-corrected chi connectivity index (χ0v) is 9.17. The summed E-state index contributed by atoms with van der Waals surface area (Å²) >= 11 is 0. The first kappa shape index (κ1) is 13.0. The van der Waals surface area contributed by atoms with E-state index in [1.165, 1.54) is 13.1 Å². The zero-order chi connectivity index (χ0) is 12.8. The normalized spacial score (nSPS) is 13.8. The number of carboxylic acid groups (broad SMARTS) is 1. The average Bonchev–Trinajstić information content (AvgIpc) is 2.74. The molecule has 0 fully saturated rings. The van der Waals surface area contributed by atoms with E-state index in [1.807, 2.05) is 0 Å². The Bertz CT molecular complexity index is 376. The van der Waals surface area contributed by atoms with Gasteiger partial charge in [0.15, 0.2) is 6.04 Å². The van der Waals surface area contributed by atoms with Crippen LogP contribution in [-0.4, -0.2) is 44.3 Å². The first-order valence-electron chi connectivity index (χ1n) is 4.94. The van der Waals surface area contributed by atoms with Gasteiger partial charge in [-0.2, -0.15) is 0 Å². The summed E-state index contributed by atoms with van der Waals surface area (Å²) in [6.07, 6.45) is 1.96. The summed E-state index contributed by atoms with van der Waals surface area (Å²) in [5.74, 6) is -0.753. The number of carbonyl (C=O) groups is 2. The molecule has 0 aromatic carbocycles. The molecule has 0 saturated heterocycles. The van der Waals surface area contributed by atoms with Crippen molar-refractivity contribution in [2.45, 2.75) is 25.6 Å². The smallest absolute Gasteiger partial charge is 0.328 e. The van der Waals surface area contributed by atoms with Crippen molar-refractivity contribution in [2.24, 2.45) is 0 Å². The van der Waals surface area contributed by atoms with E-state index in [0.29, 0.717) is 5.82 Å². The summed E-state index contributed by atoms with van der Waals surface area (Å²) in [6, 6.07) is -2.03. The van der Waals surface area contributed by atoms with Gasteiger partial charge in [-0.15, -0.1) is 0 Å². The number of aliphatic carboxylic acids is 1. The highest BCUT2D eigenvalue weighted by molar-refractivity contribution is 5.82. The molecule has 8 heteroatoms. The predicted octanol–water partition coefficient (Wildman–Crippen LogP) is -0.957. The lowest BCUT2D eigenvalue weighted by molar-refractivity contribution is -0.141. The largest absolute Gasteiger partial charge is 0.480 e. The fourth-order valence-corrected chi connectivity index (χ4v) is 1.14. The van der Waals surface area contributed by atoms with E-state index in [0.717, 1.165) is 0 Å². The van der Waals surface area contributed by atoms with Gasteiger partial charge in [-0.25, -0.2) is 14.6 Å². The minimum absolute atomic E-state index is 0.144. The van der Waals surface area contributed by atoms with Crippen molar-refractivity contribution in [2.75, 3.05) is 0 Å². The Hall–Kier alpha value is -2.09. The molecule has 8 nitrogen and oxygen atoms in total. The molecular formula is C9H14N4O4. The van der Waals surface area contributed by atoms with Crippen LogP contribution in [0.3, 0.4) is 0 Å². The van der Waals surface area contributed by atoms with Gasteiger partial charge in [0.1, 0.15) is 5.82 Å². The molecule has 1 heterocycles. The van der Waals surface area contributed by atoms with Gasteiger partial charge in [0.05, 0.1) is 12.6 Å². The third-order valence-corrected chi connectivity index (χ3v) is 2.01. The number of hydrogen-bond donors (Lipinski definition) is 5. The van der Waals surface area contributed by atoms with E-state index in [9.17, 15) is 9.59 Å². The van der Waals surface area contributed by atoms with E-state index in [-0.39, 0.29) is 6.54 Å². The number of imidazole rings is 1. The number of amides is 2. The van der Waals surface area contributed by atoms with Crippen LogP contribution in [0.25, 0.3) is 0 Å². The van der Waals surface area contributed by atoms with Gasteiger partial charge < -0.3 is 25.8 Å². The van der Waals surface area contributed by atoms with E-state index in [1.54, 1.807) is 6.20 Å². The first-order chi connectivity index (χ1) is 8.00. The molecule has 2 atom stereocenters. The quantitative estimate of drug-likeness (QED) is 0.454. The Balaban J connectivity index is 2.40. The number of urea groups is 1. The summed E-state index contributed by atoms with van der Waals surface area (Å²) < 4.78 is 0. The molecule has 0 bridgehead atoms. The van der Waals surface area contributed by atoms with Crippen LogP contribution >= 0.6 is 0 Å². The standard InChI is InChI=1S/C9H14N4O4/c1-5(14)7(8(15)16)13-9(17)12-4-6-10-2-3-11-6/h2-3,5,7,14H,4H2,1H3,(H,10,11)(H,15,16)(H2,12,13,17). The van der Waals surface area contributed by atoms with Crippen molar-refractivity contribution < 1.29 is 19.8 Å². The van der Waals surface area contributed by atoms with Gasteiger partial charge in [-0.3, -0.25) is 0 Å². The Morgan fingerprint density at radius 1 is 1.59 bits per heavy atom. The second-order valence-corrected chi connectivity index (χ2v) is 3.42. The molecule has 0 saturated carbocycles. The highest BCUT2D eigenvalue weighted by atomic mass is 16.4. The van der Waals surface area contributed by atoms with Crippen molar-refractivity contribution in [3.05, 3.63) is 18.2 Å². The van der Waals surface area contributed by atoms with Crippen LogP contribution in [0.2, 0.25) is 0 Å². The number of carboxylic acids is 1. The summed E-state index contributed by atoms with van der Waals surface area (Å²) in [5, 5.41) is 22.4. The third-order valence-electron chi connectivity index (χ3n) is 2.01. The van der Waals surface area contributed by atoms with Crippen molar-refractivity contribution in [3.63, 3.8) is 0 Å². The molecule has 2 unspecified atom stereocenters. The van der Waals surface area contributed by atoms with Crippen molar-refractivity contribution in [1.29, 1.82) is 0 Å². The number of rotatable bonds is 5. The summed E-state index contributed by atoms with van der Waals surface area (Å²) in [5.41, 5.74) is 0. The minimum Gasteiger partial charge on any atom is -0.480 e. The lowest BCUT2D eigenvalue weighted by atomic mass is 10.2. The van der Waals surface area contributed by atoms with Gasteiger partial charge in [0.25, 0.3) is 0 Å². The third kappa shape index (κ3) is 4.11. The number of aromatic amines is 1. The molecule has 94 valence electrons. The molecule has 1 aromatic heterocycles. The minimum atomic E-state index is -1.34. The number of aromatic nitrogens is 2. The summed E-state index contributed by atoms with van der Waals surface area (Å²) in [4.78, 5) is 28.7. The molecule has 17 heavy (non-hydrogen) atoms. The number of nitrogens with one attached hydrogen (secondary N) is 3. The van der Waals surface area contributed by atoms with Crippen molar-refractivity contribution in [3.8, 4) is 0 Å². The highest BCUT2D eigenvalue weighted by Crippen LogP contribution is 1.93. The number of aliphatic hydroxyl groups is 1. The fraction of sp³-hybridized carbons (Fsp3) is 0.444. The van der Waals surface area contributed by atoms with E-state index in [2.05, 4.69) is 20.6 Å². The lowest BCUT2D eigenvalue weighted by Crippen LogP contribution is -2.51. The topological polar surface area (TPSA) is 127 Å². The summed E-state index contributed by atoms with van der Waals surface area (Å²) in [7, 11) is 0. The van der Waals surface area contributed by atoms with E-state index in [4.69, 9.17) is 10.2 Å². The highest BCUT2D eigenvalue weighted by Gasteiger charge is 2.24. The van der Waals surface area contributed by atoms with Crippen molar-refractivity contribution >= 4 is 12.0 Å². The Kier molecular flexibility index (Phi) is 4.46. The number of aliphatic hydroxyl groups excluding tert-OH is 1. The average molecular weight is 242 g/mol. The number of carbonyl (C=O) groups excluding carboxylic acids is 1. The van der Waals surface area contributed by atoms with Crippen LogP contribution in [0.5, 0.6) is 0 Å².